The van der Waals surface area contributed by atoms with Gasteiger partial charge in [0.1, 0.15) is 6.10 Å². The van der Waals surface area contributed by atoms with Crippen LogP contribution in [0.25, 0.3) is 0 Å². The molecule has 2 atom stereocenters. The molecule has 0 saturated carbocycles. The first-order chi connectivity index (χ1) is 6.57. The average Bonchev–Trinajstić information content (AvgIpc) is 2.37. The molecule has 1 fully saturated rings. The highest BCUT2D eigenvalue weighted by Crippen LogP contribution is 2.19. The number of carbonyl (C=O) groups excluding carboxylic acids is 1. The van der Waals surface area contributed by atoms with Crippen LogP contribution in [0.4, 0.5) is 4.79 Å². The lowest BCUT2D eigenvalue weighted by atomic mass is 10.1. The number of hydrogen-bond acceptors (Lipinski definition) is 3. The molecule has 14 heavy (non-hydrogen) atoms. The lowest BCUT2D eigenvalue weighted by molar-refractivity contribution is -0.142. The highest BCUT2D eigenvalue weighted by Gasteiger charge is 2.43. The molecule has 0 aromatic heterocycles. The van der Waals surface area contributed by atoms with Crippen LogP contribution in [0, 0.1) is 0 Å². The van der Waals surface area contributed by atoms with Gasteiger partial charge >= 0.3 is 12.1 Å². The number of amides is 1. The Balaban J connectivity index is 2.68. The monoisotopic (exact) mass is 201 g/mol. The van der Waals surface area contributed by atoms with E-state index < -0.39 is 24.2 Å². The zero-order valence-electron chi connectivity index (χ0n) is 8.40. The maximum absolute atomic E-state index is 11.2. The quantitative estimate of drug-likeness (QED) is 0.739. The van der Waals surface area contributed by atoms with Crippen molar-refractivity contribution in [2.24, 2.45) is 0 Å². The molecule has 80 valence electrons. The van der Waals surface area contributed by atoms with E-state index in [1.807, 2.05) is 6.92 Å². The van der Waals surface area contributed by atoms with Crippen LogP contribution in [0.15, 0.2) is 0 Å². The van der Waals surface area contributed by atoms with Crippen LogP contribution in [-0.2, 0) is 9.53 Å². The zero-order valence-corrected chi connectivity index (χ0v) is 8.40. The maximum Gasteiger partial charge on any atom is 0.411 e. The minimum Gasteiger partial charge on any atom is -0.480 e. The second-order valence-electron chi connectivity index (χ2n) is 3.42. The molecule has 1 amide bonds. The van der Waals surface area contributed by atoms with Crippen LogP contribution in [0.3, 0.4) is 0 Å². The molecule has 1 heterocycles. The first-order valence-electron chi connectivity index (χ1n) is 4.78. The Kier molecular flexibility index (Phi) is 3.33. The Hall–Kier alpha value is -1.26. The van der Waals surface area contributed by atoms with E-state index in [2.05, 4.69) is 0 Å². The second-order valence-corrected chi connectivity index (χ2v) is 3.42. The molecular formula is C9H15NO4. The van der Waals surface area contributed by atoms with Crippen LogP contribution in [-0.4, -0.2) is 40.8 Å². The van der Waals surface area contributed by atoms with Gasteiger partial charge in [-0.15, -0.1) is 0 Å². The SMILES string of the molecule is CCCCN1C(=O)OC(C)C1C(=O)O. The Bertz CT molecular complexity index is 241. The number of carboxylic acid groups (broad SMARTS) is 1. The summed E-state index contributed by atoms with van der Waals surface area (Å²) in [4.78, 5) is 23.4. The zero-order chi connectivity index (χ0) is 10.7. The lowest BCUT2D eigenvalue weighted by Gasteiger charge is -2.18. The van der Waals surface area contributed by atoms with Crippen molar-refractivity contribution in [3.63, 3.8) is 0 Å². The van der Waals surface area contributed by atoms with Crippen LogP contribution in [0.1, 0.15) is 26.7 Å². The lowest BCUT2D eigenvalue weighted by Crippen LogP contribution is -2.42. The number of rotatable bonds is 4. The van der Waals surface area contributed by atoms with Gasteiger partial charge < -0.3 is 9.84 Å². The molecule has 0 aromatic carbocycles. The predicted molar refractivity (Wildman–Crippen MR) is 49.0 cm³/mol. The summed E-state index contributed by atoms with van der Waals surface area (Å²) in [5.74, 6) is -1.00. The largest absolute Gasteiger partial charge is 0.480 e. The predicted octanol–water partition coefficient (Wildman–Crippen LogP) is 1.08. The maximum atomic E-state index is 11.2. The van der Waals surface area contributed by atoms with Gasteiger partial charge in [0.05, 0.1) is 0 Å². The molecule has 0 aliphatic carbocycles. The topological polar surface area (TPSA) is 66.8 Å². The highest BCUT2D eigenvalue weighted by atomic mass is 16.6. The van der Waals surface area contributed by atoms with Gasteiger partial charge in [-0.25, -0.2) is 9.59 Å². The van der Waals surface area contributed by atoms with Crippen LogP contribution in [0.5, 0.6) is 0 Å². The van der Waals surface area contributed by atoms with Crippen molar-refractivity contribution in [1.82, 2.24) is 4.90 Å². The van der Waals surface area contributed by atoms with Crippen molar-refractivity contribution in [3.8, 4) is 0 Å². The van der Waals surface area contributed by atoms with E-state index in [1.54, 1.807) is 6.92 Å². The van der Waals surface area contributed by atoms with Crippen molar-refractivity contribution in [1.29, 1.82) is 0 Å². The van der Waals surface area contributed by atoms with Gasteiger partial charge in [0, 0.05) is 6.54 Å². The first kappa shape index (κ1) is 10.8. The Morgan fingerprint density at radius 2 is 2.29 bits per heavy atom. The summed E-state index contributed by atoms with van der Waals surface area (Å²) in [5.41, 5.74) is 0. The van der Waals surface area contributed by atoms with Crippen molar-refractivity contribution in [3.05, 3.63) is 0 Å². The molecule has 1 saturated heterocycles. The summed E-state index contributed by atoms with van der Waals surface area (Å²) in [6.45, 7) is 4.04. The van der Waals surface area contributed by atoms with Gasteiger partial charge in [-0.05, 0) is 13.3 Å². The van der Waals surface area contributed by atoms with E-state index in [9.17, 15) is 9.59 Å². The number of hydrogen-bond donors (Lipinski definition) is 1. The van der Waals surface area contributed by atoms with E-state index in [4.69, 9.17) is 9.84 Å². The van der Waals surface area contributed by atoms with Crippen LogP contribution >= 0.6 is 0 Å². The van der Waals surface area contributed by atoms with Crippen LogP contribution in [0.2, 0.25) is 0 Å². The number of unbranched alkanes of at least 4 members (excludes halogenated alkanes) is 1. The average molecular weight is 201 g/mol. The van der Waals surface area contributed by atoms with Gasteiger partial charge in [-0.2, -0.15) is 0 Å². The van der Waals surface area contributed by atoms with Gasteiger partial charge in [0.2, 0.25) is 0 Å². The standard InChI is InChI=1S/C9H15NO4/c1-3-4-5-10-7(8(11)12)6(2)14-9(10)13/h6-7H,3-5H2,1-2H3,(H,11,12). The second kappa shape index (κ2) is 4.30. The molecule has 5 heteroatoms. The molecule has 5 nitrogen and oxygen atoms in total. The third-order valence-electron chi connectivity index (χ3n) is 2.31. The summed E-state index contributed by atoms with van der Waals surface area (Å²) in [7, 11) is 0. The van der Waals surface area contributed by atoms with E-state index >= 15 is 0 Å². The van der Waals surface area contributed by atoms with E-state index in [0.29, 0.717) is 6.54 Å². The summed E-state index contributed by atoms with van der Waals surface area (Å²) in [5, 5.41) is 8.90. The summed E-state index contributed by atoms with van der Waals surface area (Å²) >= 11 is 0. The molecule has 0 bridgehead atoms. The van der Waals surface area contributed by atoms with Crippen molar-refractivity contribution < 1.29 is 19.4 Å². The van der Waals surface area contributed by atoms with Gasteiger partial charge in [-0.1, -0.05) is 13.3 Å². The summed E-state index contributed by atoms with van der Waals surface area (Å²) in [6.07, 6.45) is 0.644. The Morgan fingerprint density at radius 3 is 2.79 bits per heavy atom. The van der Waals surface area contributed by atoms with Crippen LogP contribution < -0.4 is 0 Å². The number of cyclic esters (lactones) is 1. The fourth-order valence-corrected chi connectivity index (χ4v) is 1.55. The van der Waals surface area contributed by atoms with Gasteiger partial charge in [0.15, 0.2) is 6.04 Å². The highest BCUT2D eigenvalue weighted by molar-refractivity contribution is 5.83. The normalized spacial score (nSPS) is 26.4. The molecule has 0 aromatic rings. The fraction of sp³-hybridized carbons (Fsp3) is 0.778. The molecular weight excluding hydrogens is 186 g/mol. The minimum atomic E-state index is -1.00. The summed E-state index contributed by atoms with van der Waals surface area (Å²) < 4.78 is 4.85. The number of aliphatic carboxylic acids is 1. The smallest absolute Gasteiger partial charge is 0.411 e. The first-order valence-corrected chi connectivity index (χ1v) is 4.78. The molecule has 0 spiro atoms. The number of ether oxygens (including phenoxy) is 1. The van der Waals surface area contributed by atoms with Crippen molar-refractivity contribution in [2.45, 2.75) is 38.8 Å². The number of carbonyl (C=O) groups is 2. The molecule has 1 N–H and O–H groups in total. The number of nitrogens with zero attached hydrogens (tertiary/aromatic N) is 1. The van der Waals surface area contributed by atoms with Gasteiger partial charge in [0.25, 0.3) is 0 Å². The molecule has 1 rings (SSSR count). The van der Waals surface area contributed by atoms with E-state index in [1.165, 1.54) is 4.90 Å². The number of carboxylic acids is 1. The summed E-state index contributed by atoms with van der Waals surface area (Å²) in [6, 6.07) is -0.825. The third-order valence-corrected chi connectivity index (χ3v) is 2.31. The molecule has 1 aliphatic heterocycles. The molecule has 1 aliphatic rings. The molecule has 2 unspecified atom stereocenters. The Labute approximate surface area is 82.6 Å². The molecule has 0 radical (unpaired) electrons. The van der Waals surface area contributed by atoms with Crippen molar-refractivity contribution in [2.75, 3.05) is 6.54 Å². The van der Waals surface area contributed by atoms with E-state index in [-0.39, 0.29) is 0 Å². The fourth-order valence-electron chi connectivity index (χ4n) is 1.55. The third kappa shape index (κ3) is 1.97. The Morgan fingerprint density at radius 1 is 1.64 bits per heavy atom. The minimum absolute atomic E-state index is 0.455. The van der Waals surface area contributed by atoms with Gasteiger partial charge in [-0.3, -0.25) is 4.90 Å². The van der Waals surface area contributed by atoms with Crippen molar-refractivity contribution >= 4 is 12.1 Å². The van der Waals surface area contributed by atoms with E-state index in [0.717, 1.165) is 12.8 Å².